The lowest BCUT2D eigenvalue weighted by molar-refractivity contribution is 0.282. The predicted octanol–water partition coefficient (Wildman–Crippen LogP) is 1.94. The van der Waals surface area contributed by atoms with Crippen LogP contribution in [-0.4, -0.2) is 13.5 Å². The number of aliphatic hydroxyl groups is 1. The number of nitrogens with one attached hydrogen (secondary N) is 1. The highest BCUT2D eigenvalue weighted by atomic mass is 32.2. The number of hydrogen-bond donors (Lipinski definition) is 2. The van der Waals surface area contributed by atoms with E-state index in [-0.39, 0.29) is 23.6 Å². The number of hydrogen-bond acceptors (Lipinski definition) is 3. The second-order valence-electron chi connectivity index (χ2n) is 4.36. The molecule has 0 saturated carbocycles. The molecule has 2 N–H and O–H groups in total. The zero-order valence-electron chi connectivity index (χ0n) is 10.9. The summed E-state index contributed by atoms with van der Waals surface area (Å²) in [6.07, 6.45) is 0. The molecule has 4 nitrogen and oxygen atoms in total. The maximum Gasteiger partial charge on any atom is 0.240 e. The first-order valence-electron chi connectivity index (χ1n) is 6.06. The second kappa shape index (κ2) is 6.30. The minimum Gasteiger partial charge on any atom is -0.392 e. The van der Waals surface area contributed by atoms with Crippen LogP contribution in [0.15, 0.2) is 47.4 Å². The lowest BCUT2D eigenvalue weighted by atomic mass is 10.2. The first-order chi connectivity index (χ1) is 9.92. The first-order valence-corrected chi connectivity index (χ1v) is 7.54. The normalized spacial score (nSPS) is 11.6. The molecular weight excluding hydrogens is 300 g/mol. The van der Waals surface area contributed by atoms with Gasteiger partial charge in [-0.3, -0.25) is 0 Å². The van der Waals surface area contributed by atoms with E-state index in [9.17, 15) is 17.2 Å². The van der Waals surface area contributed by atoms with Gasteiger partial charge in [0.05, 0.1) is 11.5 Å². The minimum absolute atomic E-state index is 0.00206. The van der Waals surface area contributed by atoms with Gasteiger partial charge < -0.3 is 5.11 Å². The Bertz CT molecular complexity index is 730. The third-order valence-corrected chi connectivity index (χ3v) is 4.30. The molecule has 0 saturated heterocycles. The monoisotopic (exact) mass is 313 g/mol. The molecule has 0 fully saturated rings. The SMILES string of the molecule is O=S(=O)(NCc1ccc(F)cc1F)c1ccc(CO)cc1. The van der Waals surface area contributed by atoms with Gasteiger partial charge in [-0.25, -0.2) is 21.9 Å². The van der Waals surface area contributed by atoms with Gasteiger partial charge in [-0.15, -0.1) is 0 Å². The lowest BCUT2D eigenvalue weighted by Gasteiger charge is -2.08. The lowest BCUT2D eigenvalue weighted by Crippen LogP contribution is -2.23. The van der Waals surface area contributed by atoms with Crippen LogP contribution in [0.2, 0.25) is 0 Å². The Morgan fingerprint density at radius 1 is 1.05 bits per heavy atom. The van der Waals surface area contributed by atoms with E-state index in [2.05, 4.69) is 4.72 Å². The van der Waals surface area contributed by atoms with E-state index in [0.29, 0.717) is 11.6 Å². The standard InChI is InChI=1S/C14H13F2NO3S/c15-12-4-3-11(14(16)7-12)8-17-21(19,20)13-5-1-10(9-18)2-6-13/h1-7,17-18H,8-9H2. The second-order valence-corrected chi connectivity index (χ2v) is 6.13. The highest BCUT2D eigenvalue weighted by Crippen LogP contribution is 2.13. The summed E-state index contributed by atoms with van der Waals surface area (Å²) in [5.41, 5.74) is 0.630. The van der Waals surface area contributed by atoms with Crippen molar-refractivity contribution >= 4 is 10.0 Å². The van der Waals surface area contributed by atoms with E-state index in [1.54, 1.807) is 0 Å². The third-order valence-electron chi connectivity index (χ3n) is 2.88. The Hall–Kier alpha value is -1.83. The molecule has 2 aromatic carbocycles. The molecule has 7 heteroatoms. The Labute approximate surface area is 121 Å². The van der Waals surface area contributed by atoms with Gasteiger partial charge >= 0.3 is 0 Å². The summed E-state index contributed by atoms with van der Waals surface area (Å²) >= 11 is 0. The van der Waals surface area contributed by atoms with Crippen molar-refractivity contribution < 1.29 is 22.3 Å². The molecule has 0 aliphatic rings. The fourth-order valence-electron chi connectivity index (χ4n) is 1.70. The summed E-state index contributed by atoms with van der Waals surface area (Å²) in [7, 11) is -3.80. The molecule has 0 atom stereocenters. The van der Waals surface area contributed by atoms with E-state index in [0.717, 1.165) is 6.07 Å². The minimum atomic E-state index is -3.80. The number of sulfonamides is 1. The highest BCUT2D eigenvalue weighted by Gasteiger charge is 2.14. The van der Waals surface area contributed by atoms with Crippen LogP contribution in [0.4, 0.5) is 8.78 Å². The quantitative estimate of drug-likeness (QED) is 0.886. The molecule has 0 aromatic heterocycles. The van der Waals surface area contributed by atoms with E-state index in [1.165, 1.54) is 30.3 Å². The van der Waals surface area contributed by atoms with Crippen LogP contribution in [0.1, 0.15) is 11.1 Å². The van der Waals surface area contributed by atoms with Crippen molar-refractivity contribution in [3.8, 4) is 0 Å². The number of halogens is 2. The van der Waals surface area contributed by atoms with Crippen LogP contribution in [0.25, 0.3) is 0 Å². The smallest absolute Gasteiger partial charge is 0.240 e. The molecule has 2 aromatic rings. The summed E-state index contributed by atoms with van der Waals surface area (Å²) in [5.74, 6) is -1.54. The van der Waals surface area contributed by atoms with Gasteiger partial charge in [0.2, 0.25) is 10.0 Å². The molecule has 21 heavy (non-hydrogen) atoms. The van der Waals surface area contributed by atoms with Crippen molar-refractivity contribution in [3.05, 3.63) is 65.2 Å². The molecule has 112 valence electrons. The van der Waals surface area contributed by atoms with Crippen molar-refractivity contribution in [3.63, 3.8) is 0 Å². The molecule has 0 radical (unpaired) electrons. The van der Waals surface area contributed by atoms with Crippen LogP contribution in [-0.2, 0) is 23.2 Å². The van der Waals surface area contributed by atoms with Crippen molar-refractivity contribution in [1.29, 1.82) is 0 Å². The average molecular weight is 313 g/mol. The Morgan fingerprint density at radius 2 is 1.71 bits per heavy atom. The molecule has 0 heterocycles. The third kappa shape index (κ3) is 3.84. The maximum absolute atomic E-state index is 13.4. The summed E-state index contributed by atoms with van der Waals surface area (Å²) in [4.78, 5) is 0.00206. The van der Waals surface area contributed by atoms with Crippen molar-refractivity contribution in [1.82, 2.24) is 4.72 Å². The van der Waals surface area contributed by atoms with Crippen molar-refractivity contribution in [2.75, 3.05) is 0 Å². The zero-order chi connectivity index (χ0) is 15.5. The van der Waals surface area contributed by atoms with Gasteiger partial charge in [0.1, 0.15) is 11.6 Å². The van der Waals surface area contributed by atoms with Crippen LogP contribution < -0.4 is 4.72 Å². The Balaban J connectivity index is 2.13. The zero-order valence-corrected chi connectivity index (χ0v) is 11.7. The molecule has 0 aliphatic carbocycles. The summed E-state index contributed by atoms with van der Waals surface area (Å²) < 4.78 is 52.4. The fourth-order valence-corrected chi connectivity index (χ4v) is 2.70. The fraction of sp³-hybridized carbons (Fsp3) is 0.143. The Morgan fingerprint density at radius 3 is 2.29 bits per heavy atom. The van der Waals surface area contributed by atoms with Gasteiger partial charge in [-0.2, -0.15) is 0 Å². The average Bonchev–Trinajstić information content (AvgIpc) is 2.46. The predicted molar refractivity (Wildman–Crippen MR) is 72.7 cm³/mol. The van der Waals surface area contributed by atoms with Gasteiger partial charge in [-0.05, 0) is 23.8 Å². The molecule has 2 rings (SSSR count). The van der Waals surface area contributed by atoms with Gasteiger partial charge in [0.15, 0.2) is 0 Å². The largest absolute Gasteiger partial charge is 0.392 e. The van der Waals surface area contributed by atoms with Crippen molar-refractivity contribution in [2.24, 2.45) is 0 Å². The first kappa shape index (κ1) is 15.6. The highest BCUT2D eigenvalue weighted by molar-refractivity contribution is 7.89. The van der Waals surface area contributed by atoms with Gasteiger partial charge in [0, 0.05) is 18.2 Å². The maximum atomic E-state index is 13.4. The topological polar surface area (TPSA) is 66.4 Å². The van der Waals surface area contributed by atoms with Crippen LogP contribution in [0.5, 0.6) is 0 Å². The molecular formula is C14H13F2NO3S. The summed E-state index contributed by atoms with van der Waals surface area (Å²) in [5, 5.41) is 8.90. The molecule has 0 unspecified atom stereocenters. The summed E-state index contributed by atoms with van der Waals surface area (Å²) in [6.45, 7) is -0.468. The van der Waals surface area contributed by atoms with Crippen LogP contribution in [0, 0.1) is 11.6 Å². The van der Waals surface area contributed by atoms with E-state index in [1.807, 2.05) is 0 Å². The Kier molecular flexibility index (Phi) is 4.66. The summed E-state index contributed by atoms with van der Waals surface area (Å²) in [6, 6.07) is 8.58. The van der Waals surface area contributed by atoms with E-state index >= 15 is 0 Å². The van der Waals surface area contributed by atoms with E-state index in [4.69, 9.17) is 5.11 Å². The molecule has 0 amide bonds. The van der Waals surface area contributed by atoms with Crippen LogP contribution >= 0.6 is 0 Å². The molecule has 0 aliphatic heterocycles. The van der Waals surface area contributed by atoms with Crippen molar-refractivity contribution in [2.45, 2.75) is 18.0 Å². The number of aliphatic hydroxyl groups excluding tert-OH is 1. The number of benzene rings is 2. The number of rotatable bonds is 5. The van der Waals surface area contributed by atoms with Crippen LogP contribution in [0.3, 0.4) is 0 Å². The van der Waals surface area contributed by atoms with E-state index < -0.39 is 21.7 Å². The molecule has 0 bridgehead atoms. The molecule has 0 spiro atoms. The van der Waals surface area contributed by atoms with Gasteiger partial charge in [-0.1, -0.05) is 18.2 Å². The van der Waals surface area contributed by atoms with Gasteiger partial charge in [0.25, 0.3) is 0 Å².